The zero-order valence-electron chi connectivity index (χ0n) is 9.55. The Labute approximate surface area is 127 Å². The van der Waals surface area contributed by atoms with Gasteiger partial charge in [0, 0.05) is 15.7 Å². The molecule has 6 heteroatoms. The van der Waals surface area contributed by atoms with Crippen LogP contribution in [0.1, 0.15) is 0 Å². The molecule has 0 aliphatic heterocycles. The number of benzene rings is 2. The van der Waals surface area contributed by atoms with Crippen molar-refractivity contribution in [2.24, 2.45) is 0 Å². The number of nitrogens with zero attached hydrogens (tertiary/aromatic N) is 1. The summed E-state index contributed by atoms with van der Waals surface area (Å²) < 4.78 is 0.860. The Kier molecular flexibility index (Phi) is 3.17. The van der Waals surface area contributed by atoms with E-state index in [2.05, 4.69) is 25.9 Å². The normalized spacial score (nSPS) is 11.1. The summed E-state index contributed by atoms with van der Waals surface area (Å²) >= 11 is 15.3. The van der Waals surface area contributed by atoms with Gasteiger partial charge in [-0.2, -0.15) is 0 Å². The Morgan fingerprint density at radius 3 is 2.58 bits per heavy atom. The summed E-state index contributed by atoms with van der Waals surface area (Å²) in [5.74, 6) is 0.729. The molecular weight excluding hydrogens is 349 g/mol. The fourth-order valence-electron chi connectivity index (χ4n) is 1.83. The minimum absolute atomic E-state index is 0.488. The van der Waals surface area contributed by atoms with Gasteiger partial charge in [0.05, 0.1) is 21.1 Å². The van der Waals surface area contributed by atoms with E-state index < -0.39 is 0 Å². The minimum atomic E-state index is 0.488. The minimum Gasteiger partial charge on any atom is -0.398 e. The number of rotatable bonds is 1. The molecule has 0 aliphatic rings. The summed E-state index contributed by atoms with van der Waals surface area (Å²) in [4.78, 5) is 7.69. The molecule has 0 bridgehead atoms. The molecule has 19 heavy (non-hydrogen) atoms. The number of nitrogens with one attached hydrogen (secondary N) is 1. The molecule has 1 heterocycles. The maximum Gasteiger partial charge on any atom is 0.138 e. The highest BCUT2D eigenvalue weighted by Crippen LogP contribution is 2.30. The van der Waals surface area contributed by atoms with Crippen molar-refractivity contribution >= 4 is 55.9 Å². The number of nitrogens with two attached hydrogens (primary N) is 1. The lowest BCUT2D eigenvalue weighted by Gasteiger charge is -2.00. The lowest BCUT2D eigenvalue weighted by Crippen LogP contribution is -1.88. The first kappa shape index (κ1) is 12.8. The molecule has 0 saturated carbocycles. The van der Waals surface area contributed by atoms with Gasteiger partial charge in [-0.3, -0.25) is 0 Å². The van der Waals surface area contributed by atoms with Crippen LogP contribution < -0.4 is 5.73 Å². The van der Waals surface area contributed by atoms with E-state index in [9.17, 15) is 0 Å². The van der Waals surface area contributed by atoms with Crippen LogP contribution in [0, 0.1) is 0 Å². The van der Waals surface area contributed by atoms with Gasteiger partial charge in [-0.05, 0) is 46.3 Å². The van der Waals surface area contributed by atoms with Crippen molar-refractivity contribution in [2.45, 2.75) is 0 Å². The van der Waals surface area contributed by atoms with Crippen molar-refractivity contribution in [1.82, 2.24) is 9.97 Å². The average molecular weight is 357 g/mol. The molecular formula is C13H8BrCl2N3. The molecule has 3 aromatic rings. The maximum atomic E-state index is 5.98. The molecule has 96 valence electrons. The molecule has 3 nitrogen and oxygen atoms in total. The number of hydrogen-bond acceptors (Lipinski definition) is 2. The van der Waals surface area contributed by atoms with Gasteiger partial charge in [-0.25, -0.2) is 4.98 Å². The maximum absolute atomic E-state index is 5.98. The Morgan fingerprint density at radius 1 is 1.11 bits per heavy atom. The van der Waals surface area contributed by atoms with Crippen LogP contribution in [0.3, 0.4) is 0 Å². The van der Waals surface area contributed by atoms with Gasteiger partial charge < -0.3 is 10.7 Å². The molecule has 0 atom stereocenters. The first-order chi connectivity index (χ1) is 9.04. The van der Waals surface area contributed by atoms with Crippen LogP contribution in [0.15, 0.2) is 34.8 Å². The van der Waals surface area contributed by atoms with E-state index in [1.807, 2.05) is 18.2 Å². The van der Waals surface area contributed by atoms with Crippen molar-refractivity contribution in [1.29, 1.82) is 0 Å². The van der Waals surface area contributed by atoms with E-state index in [1.54, 1.807) is 12.1 Å². The highest BCUT2D eigenvalue weighted by atomic mass is 79.9. The van der Waals surface area contributed by atoms with Crippen LogP contribution in [-0.4, -0.2) is 9.97 Å². The van der Waals surface area contributed by atoms with Gasteiger partial charge in [-0.15, -0.1) is 0 Å². The van der Waals surface area contributed by atoms with Gasteiger partial charge >= 0.3 is 0 Å². The zero-order chi connectivity index (χ0) is 13.6. The highest BCUT2D eigenvalue weighted by molar-refractivity contribution is 9.10. The number of aromatic nitrogens is 2. The Bertz CT molecular complexity index is 744. The Hall–Kier alpha value is -1.23. The van der Waals surface area contributed by atoms with Crippen molar-refractivity contribution in [2.75, 3.05) is 5.73 Å². The van der Waals surface area contributed by atoms with E-state index >= 15 is 0 Å². The largest absolute Gasteiger partial charge is 0.398 e. The SMILES string of the molecule is Nc1cc(-c2nc3cc(Cl)c(Cl)cc3[nH]2)ccc1Br. The monoisotopic (exact) mass is 355 g/mol. The summed E-state index contributed by atoms with van der Waals surface area (Å²) in [6.45, 7) is 0. The van der Waals surface area contributed by atoms with Crippen molar-refractivity contribution in [3.63, 3.8) is 0 Å². The number of aromatic amines is 1. The first-order valence-corrected chi connectivity index (χ1v) is 6.99. The lowest BCUT2D eigenvalue weighted by atomic mass is 10.2. The van der Waals surface area contributed by atoms with Gasteiger partial charge in [0.2, 0.25) is 0 Å². The van der Waals surface area contributed by atoms with E-state index in [-0.39, 0.29) is 0 Å². The zero-order valence-corrected chi connectivity index (χ0v) is 12.6. The summed E-state index contributed by atoms with van der Waals surface area (Å²) in [5.41, 5.74) is 9.05. The molecule has 0 spiro atoms. The molecule has 2 aromatic carbocycles. The molecule has 1 aromatic heterocycles. The standard InChI is InChI=1S/C13H8BrCl2N3/c14-7-2-1-6(3-10(7)17)13-18-11-4-8(15)9(16)5-12(11)19-13/h1-5H,17H2,(H,18,19). The van der Waals surface area contributed by atoms with Crippen LogP contribution in [0.5, 0.6) is 0 Å². The third-order valence-corrected chi connectivity index (χ3v) is 4.24. The number of anilines is 1. The Morgan fingerprint density at radius 2 is 1.84 bits per heavy atom. The summed E-state index contributed by atoms with van der Waals surface area (Å²) in [5, 5.41) is 0.988. The van der Waals surface area contributed by atoms with Crippen LogP contribution >= 0.6 is 39.1 Å². The predicted molar refractivity (Wildman–Crippen MR) is 83.7 cm³/mol. The molecule has 3 N–H and O–H groups in total. The number of imidazole rings is 1. The van der Waals surface area contributed by atoms with Gasteiger partial charge in [0.25, 0.3) is 0 Å². The van der Waals surface area contributed by atoms with Crippen molar-refractivity contribution in [3.05, 3.63) is 44.8 Å². The number of H-pyrrole nitrogens is 1. The summed E-state index contributed by atoms with van der Waals surface area (Å²) in [7, 11) is 0. The van der Waals surface area contributed by atoms with Gasteiger partial charge in [0.1, 0.15) is 5.82 Å². The van der Waals surface area contributed by atoms with E-state index in [4.69, 9.17) is 28.9 Å². The number of halogens is 3. The average Bonchev–Trinajstić information content (AvgIpc) is 2.76. The quantitative estimate of drug-likeness (QED) is 0.610. The molecule has 0 fully saturated rings. The predicted octanol–water partition coefficient (Wildman–Crippen LogP) is 4.88. The van der Waals surface area contributed by atoms with Crippen LogP contribution in [0.25, 0.3) is 22.4 Å². The van der Waals surface area contributed by atoms with Crippen LogP contribution in [-0.2, 0) is 0 Å². The topological polar surface area (TPSA) is 54.7 Å². The second kappa shape index (κ2) is 4.71. The van der Waals surface area contributed by atoms with Gasteiger partial charge in [0.15, 0.2) is 0 Å². The smallest absolute Gasteiger partial charge is 0.138 e. The van der Waals surface area contributed by atoms with E-state index in [0.717, 1.165) is 26.9 Å². The molecule has 0 amide bonds. The molecule has 0 aliphatic carbocycles. The summed E-state index contributed by atoms with van der Waals surface area (Å²) in [6, 6.07) is 9.17. The van der Waals surface area contributed by atoms with Gasteiger partial charge in [-0.1, -0.05) is 23.2 Å². The number of hydrogen-bond donors (Lipinski definition) is 2. The van der Waals surface area contributed by atoms with Crippen LogP contribution in [0.4, 0.5) is 5.69 Å². The van der Waals surface area contributed by atoms with E-state index in [0.29, 0.717) is 15.7 Å². The van der Waals surface area contributed by atoms with E-state index in [1.165, 1.54) is 0 Å². The molecule has 0 unspecified atom stereocenters. The second-order valence-electron chi connectivity index (χ2n) is 4.11. The Balaban J connectivity index is 2.17. The second-order valence-corrected chi connectivity index (χ2v) is 5.77. The third-order valence-electron chi connectivity index (χ3n) is 2.79. The molecule has 3 rings (SSSR count). The van der Waals surface area contributed by atoms with Crippen molar-refractivity contribution < 1.29 is 0 Å². The summed E-state index contributed by atoms with van der Waals surface area (Å²) in [6.07, 6.45) is 0. The van der Waals surface area contributed by atoms with Crippen molar-refractivity contribution in [3.8, 4) is 11.4 Å². The highest BCUT2D eigenvalue weighted by Gasteiger charge is 2.09. The third kappa shape index (κ3) is 2.31. The lowest BCUT2D eigenvalue weighted by molar-refractivity contribution is 1.33. The fourth-order valence-corrected chi connectivity index (χ4v) is 2.40. The molecule has 0 saturated heterocycles. The van der Waals surface area contributed by atoms with Crippen LogP contribution in [0.2, 0.25) is 10.0 Å². The first-order valence-electron chi connectivity index (χ1n) is 5.45. The molecule has 0 radical (unpaired) electrons. The fraction of sp³-hybridized carbons (Fsp3) is 0. The number of nitrogen functional groups attached to an aromatic ring is 1. The number of fused-ring (bicyclic) bond motifs is 1.